The van der Waals surface area contributed by atoms with Crippen molar-refractivity contribution in [2.24, 2.45) is 0 Å². The van der Waals surface area contributed by atoms with Gasteiger partial charge in [0.15, 0.2) is 0 Å². The summed E-state index contributed by atoms with van der Waals surface area (Å²) in [7, 11) is 1.89. The van der Waals surface area contributed by atoms with Crippen molar-refractivity contribution in [1.29, 1.82) is 0 Å². The van der Waals surface area contributed by atoms with Gasteiger partial charge in [0.2, 0.25) is 0 Å². The van der Waals surface area contributed by atoms with Crippen molar-refractivity contribution in [2.75, 3.05) is 50.5 Å². The van der Waals surface area contributed by atoms with Crippen LogP contribution in [0.1, 0.15) is 19.4 Å². The largest absolute Gasteiger partial charge is 0.379 e. The third-order valence-corrected chi connectivity index (χ3v) is 3.55. The third kappa shape index (κ3) is 3.80. The number of anilines is 2. The summed E-state index contributed by atoms with van der Waals surface area (Å²) in [5, 5.41) is 6.63. The SMILES string of the molecule is CCc1c(NC)ncnc1NC(C)CN1CCOCC1. The second kappa shape index (κ2) is 7.40. The minimum Gasteiger partial charge on any atom is -0.379 e. The van der Waals surface area contributed by atoms with Crippen molar-refractivity contribution in [3.8, 4) is 0 Å². The van der Waals surface area contributed by atoms with Crippen LogP contribution in [0.15, 0.2) is 6.33 Å². The molecule has 1 aliphatic heterocycles. The fraction of sp³-hybridized carbons (Fsp3) is 0.714. The number of rotatable bonds is 6. The van der Waals surface area contributed by atoms with E-state index in [4.69, 9.17) is 4.74 Å². The maximum Gasteiger partial charge on any atom is 0.134 e. The first-order chi connectivity index (χ1) is 9.74. The molecule has 1 atom stereocenters. The molecule has 6 heteroatoms. The molecule has 1 aromatic rings. The molecule has 0 aromatic carbocycles. The van der Waals surface area contributed by atoms with Gasteiger partial charge in [0, 0.05) is 38.3 Å². The van der Waals surface area contributed by atoms with Gasteiger partial charge < -0.3 is 15.4 Å². The molecule has 0 radical (unpaired) electrons. The van der Waals surface area contributed by atoms with Crippen molar-refractivity contribution < 1.29 is 4.74 Å². The molecular weight excluding hydrogens is 254 g/mol. The van der Waals surface area contributed by atoms with Gasteiger partial charge in [-0.3, -0.25) is 4.90 Å². The maximum atomic E-state index is 5.38. The van der Waals surface area contributed by atoms with E-state index in [2.05, 4.69) is 39.3 Å². The average molecular weight is 279 g/mol. The fourth-order valence-corrected chi connectivity index (χ4v) is 2.54. The van der Waals surface area contributed by atoms with Gasteiger partial charge in [-0.25, -0.2) is 9.97 Å². The fourth-order valence-electron chi connectivity index (χ4n) is 2.54. The lowest BCUT2D eigenvalue weighted by atomic mass is 10.2. The smallest absolute Gasteiger partial charge is 0.134 e. The molecule has 1 unspecified atom stereocenters. The minimum atomic E-state index is 0.345. The minimum absolute atomic E-state index is 0.345. The van der Waals surface area contributed by atoms with Gasteiger partial charge >= 0.3 is 0 Å². The summed E-state index contributed by atoms with van der Waals surface area (Å²) in [6, 6.07) is 0.345. The van der Waals surface area contributed by atoms with Crippen molar-refractivity contribution in [3.63, 3.8) is 0 Å². The summed E-state index contributed by atoms with van der Waals surface area (Å²) < 4.78 is 5.38. The van der Waals surface area contributed by atoms with Crippen molar-refractivity contribution in [2.45, 2.75) is 26.3 Å². The van der Waals surface area contributed by atoms with Gasteiger partial charge in [-0.1, -0.05) is 6.92 Å². The molecule has 20 heavy (non-hydrogen) atoms. The van der Waals surface area contributed by atoms with E-state index >= 15 is 0 Å². The van der Waals surface area contributed by atoms with Crippen LogP contribution in [-0.4, -0.2) is 60.8 Å². The van der Waals surface area contributed by atoms with E-state index in [9.17, 15) is 0 Å². The number of ether oxygens (including phenoxy) is 1. The zero-order valence-electron chi connectivity index (χ0n) is 12.6. The van der Waals surface area contributed by atoms with Crippen LogP contribution in [0.5, 0.6) is 0 Å². The number of hydrogen-bond acceptors (Lipinski definition) is 6. The quantitative estimate of drug-likeness (QED) is 0.816. The molecule has 0 aliphatic carbocycles. The number of aromatic nitrogens is 2. The number of hydrogen-bond donors (Lipinski definition) is 2. The normalized spacial score (nSPS) is 17.8. The molecule has 0 saturated carbocycles. The van der Waals surface area contributed by atoms with Crippen molar-refractivity contribution in [3.05, 3.63) is 11.9 Å². The first-order valence-electron chi connectivity index (χ1n) is 7.32. The molecule has 1 aliphatic rings. The van der Waals surface area contributed by atoms with Gasteiger partial charge in [0.05, 0.1) is 13.2 Å². The zero-order valence-corrected chi connectivity index (χ0v) is 12.6. The second-order valence-electron chi connectivity index (χ2n) is 5.11. The Bertz CT molecular complexity index is 420. The lowest BCUT2D eigenvalue weighted by Gasteiger charge is -2.29. The Morgan fingerprint density at radius 1 is 1.30 bits per heavy atom. The maximum absolute atomic E-state index is 5.38. The molecule has 0 amide bonds. The average Bonchev–Trinajstić information content (AvgIpc) is 2.47. The predicted molar refractivity (Wildman–Crippen MR) is 81.3 cm³/mol. The van der Waals surface area contributed by atoms with E-state index in [1.54, 1.807) is 6.33 Å². The molecule has 0 bridgehead atoms. The molecule has 2 heterocycles. The summed E-state index contributed by atoms with van der Waals surface area (Å²) in [6.07, 6.45) is 2.51. The first-order valence-corrected chi connectivity index (χ1v) is 7.32. The van der Waals surface area contributed by atoms with E-state index < -0.39 is 0 Å². The van der Waals surface area contributed by atoms with Crippen LogP contribution >= 0.6 is 0 Å². The van der Waals surface area contributed by atoms with Gasteiger partial charge in [-0.2, -0.15) is 0 Å². The Morgan fingerprint density at radius 3 is 2.65 bits per heavy atom. The highest BCUT2D eigenvalue weighted by Gasteiger charge is 2.15. The lowest BCUT2D eigenvalue weighted by Crippen LogP contribution is -2.42. The molecule has 6 nitrogen and oxygen atoms in total. The molecule has 1 aromatic heterocycles. The Kier molecular flexibility index (Phi) is 5.55. The van der Waals surface area contributed by atoms with E-state index in [0.717, 1.165) is 56.5 Å². The highest BCUT2D eigenvalue weighted by Crippen LogP contribution is 2.20. The summed E-state index contributed by atoms with van der Waals surface area (Å²) in [4.78, 5) is 11.1. The van der Waals surface area contributed by atoms with Crippen LogP contribution in [0.2, 0.25) is 0 Å². The molecule has 0 spiro atoms. The van der Waals surface area contributed by atoms with Gasteiger partial charge in [0.25, 0.3) is 0 Å². The van der Waals surface area contributed by atoms with E-state index in [0.29, 0.717) is 6.04 Å². The van der Waals surface area contributed by atoms with Crippen LogP contribution in [0, 0.1) is 0 Å². The Morgan fingerprint density at radius 2 is 2.00 bits per heavy atom. The van der Waals surface area contributed by atoms with E-state index in [1.807, 2.05) is 7.05 Å². The lowest BCUT2D eigenvalue weighted by molar-refractivity contribution is 0.0368. The van der Waals surface area contributed by atoms with Crippen LogP contribution < -0.4 is 10.6 Å². The highest BCUT2D eigenvalue weighted by atomic mass is 16.5. The van der Waals surface area contributed by atoms with Gasteiger partial charge in [-0.05, 0) is 13.3 Å². The third-order valence-electron chi connectivity index (χ3n) is 3.55. The van der Waals surface area contributed by atoms with Crippen LogP contribution in [0.4, 0.5) is 11.6 Å². The first kappa shape index (κ1) is 15.0. The monoisotopic (exact) mass is 279 g/mol. The van der Waals surface area contributed by atoms with Crippen molar-refractivity contribution in [1.82, 2.24) is 14.9 Å². The molecule has 112 valence electrons. The van der Waals surface area contributed by atoms with E-state index in [-0.39, 0.29) is 0 Å². The van der Waals surface area contributed by atoms with Crippen LogP contribution in [-0.2, 0) is 11.2 Å². The van der Waals surface area contributed by atoms with Gasteiger partial charge in [0.1, 0.15) is 18.0 Å². The molecule has 2 N–H and O–H groups in total. The summed E-state index contributed by atoms with van der Waals surface area (Å²) in [5.74, 6) is 1.84. The zero-order chi connectivity index (χ0) is 14.4. The van der Waals surface area contributed by atoms with Crippen molar-refractivity contribution >= 4 is 11.6 Å². The Labute approximate surface area is 120 Å². The van der Waals surface area contributed by atoms with E-state index in [1.165, 1.54) is 0 Å². The molecule has 1 fully saturated rings. The Hall–Kier alpha value is -1.40. The van der Waals surface area contributed by atoms with Crippen LogP contribution in [0.25, 0.3) is 0 Å². The highest BCUT2D eigenvalue weighted by molar-refractivity contribution is 5.57. The predicted octanol–water partition coefficient (Wildman–Crippen LogP) is 1.21. The second-order valence-corrected chi connectivity index (χ2v) is 5.11. The molecule has 1 saturated heterocycles. The standard InChI is InChI=1S/C14H25N5O/c1-4-12-13(15-3)16-10-17-14(12)18-11(2)9-19-5-7-20-8-6-19/h10-11H,4-9H2,1-3H3,(H2,15,16,17,18). The summed E-state index contributed by atoms with van der Waals surface area (Å²) in [6.45, 7) is 9.02. The number of morpholine rings is 1. The molecular formula is C14H25N5O. The molecule has 2 rings (SSSR count). The van der Waals surface area contributed by atoms with Gasteiger partial charge in [-0.15, -0.1) is 0 Å². The number of nitrogens with zero attached hydrogens (tertiary/aromatic N) is 3. The number of nitrogens with one attached hydrogen (secondary N) is 2. The summed E-state index contributed by atoms with van der Waals surface area (Å²) in [5.41, 5.74) is 1.14. The Balaban J connectivity index is 1.97. The topological polar surface area (TPSA) is 62.3 Å². The van der Waals surface area contributed by atoms with Crippen LogP contribution in [0.3, 0.4) is 0 Å². The summed E-state index contributed by atoms with van der Waals surface area (Å²) >= 11 is 0.